The summed E-state index contributed by atoms with van der Waals surface area (Å²) in [7, 11) is 1.73. The number of hydrogen-bond donors (Lipinski definition) is 0. The van der Waals surface area contributed by atoms with Crippen molar-refractivity contribution in [2.45, 2.75) is 31.6 Å². The van der Waals surface area contributed by atoms with Crippen LogP contribution in [0.25, 0.3) is 0 Å². The van der Waals surface area contributed by atoms with E-state index in [0.717, 1.165) is 88.6 Å². The molecule has 2 heterocycles. The second kappa shape index (κ2) is 10.8. The smallest absolute Gasteiger partial charge is 0.269 e. The number of rotatable bonds is 8. The highest BCUT2D eigenvalue weighted by Crippen LogP contribution is 2.37. The van der Waals surface area contributed by atoms with Crippen LogP contribution in [0.2, 0.25) is 0 Å². The van der Waals surface area contributed by atoms with Gasteiger partial charge in [-0.15, -0.1) is 0 Å². The van der Waals surface area contributed by atoms with Crippen LogP contribution in [0.15, 0.2) is 42.5 Å². The predicted octanol–water partition coefficient (Wildman–Crippen LogP) is 4.25. The number of non-ortho nitro benzene ring substituents is 1. The summed E-state index contributed by atoms with van der Waals surface area (Å²) in [4.78, 5) is 15.9. The average Bonchev–Trinajstić information content (AvgIpc) is 2.85. The van der Waals surface area contributed by atoms with E-state index in [1.165, 1.54) is 5.56 Å². The molecule has 172 valence electrons. The van der Waals surface area contributed by atoms with Crippen molar-refractivity contribution in [1.82, 2.24) is 4.90 Å². The SMILES string of the molecule is COc1ccccc1C1CCN(c2ccc([N+](=O)[O-])cc2CCCN2CCOCC2)CC1. The number of nitro benzene ring substituents is 1. The first-order valence-corrected chi connectivity index (χ1v) is 11.6. The third kappa shape index (κ3) is 5.40. The van der Waals surface area contributed by atoms with Crippen LogP contribution in [0, 0.1) is 10.1 Å². The van der Waals surface area contributed by atoms with Crippen molar-refractivity contribution in [3.05, 3.63) is 63.7 Å². The van der Waals surface area contributed by atoms with Crippen molar-refractivity contribution in [3.63, 3.8) is 0 Å². The molecule has 7 heteroatoms. The molecule has 0 atom stereocenters. The van der Waals surface area contributed by atoms with Gasteiger partial charge in [0.2, 0.25) is 0 Å². The highest BCUT2D eigenvalue weighted by molar-refractivity contribution is 5.58. The van der Waals surface area contributed by atoms with Gasteiger partial charge < -0.3 is 14.4 Å². The number of para-hydroxylation sites is 1. The third-order valence-corrected chi connectivity index (χ3v) is 6.71. The molecule has 0 unspecified atom stereocenters. The Morgan fingerprint density at radius 3 is 2.56 bits per heavy atom. The van der Waals surface area contributed by atoms with Crippen LogP contribution < -0.4 is 9.64 Å². The number of nitrogens with zero attached hydrogens (tertiary/aromatic N) is 3. The van der Waals surface area contributed by atoms with Gasteiger partial charge in [-0.25, -0.2) is 0 Å². The average molecular weight is 440 g/mol. The van der Waals surface area contributed by atoms with E-state index in [9.17, 15) is 10.1 Å². The Morgan fingerprint density at radius 1 is 1.09 bits per heavy atom. The van der Waals surface area contributed by atoms with Gasteiger partial charge in [-0.3, -0.25) is 15.0 Å². The van der Waals surface area contributed by atoms with Gasteiger partial charge in [-0.2, -0.15) is 0 Å². The first-order valence-electron chi connectivity index (χ1n) is 11.6. The number of benzene rings is 2. The first kappa shape index (κ1) is 22.6. The van der Waals surface area contributed by atoms with Gasteiger partial charge in [0.25, 0.3) is 5.69 Å². The Bertz CT molecular complexity index is 906. The van der Waals surface area contributed by atoms with E-state index in [0.29, 0.717) is 5.92 Å². The lowest BCUT2D eigenvalue weighted by atomic mass is 9.88. The zero-order chi connectivity index (χ0) is 22.3. The van der Waals surface area contributed by atoms with E-state index in [4.69, 9.17) is 9.47 Å². The lowest BCUT2D eigenvalue weighted by molar-refractivity contribution is -0.384. The number of aryl methyl sites for hydroxylation is 1. The summed E-state index contributed by atoms with van der Waals surface area (Å²) in [5.74, 6) is 1.44. The fourth-order valence-electron chi connectivity index (χ4n) is 4.95. The highest BCUT2D eigenvalue weighted by Gasteiger charge is 2.25. The van der Waals surface area contributed by atoms with Crippen LogP contribution in [-0.2, 0) is 11.2 Å². The van der Waals surface area contributed by atoms with Crippen LogP contribution in [0.3, 0.4) is 0 Å². The molecule has 2 aromatic carbocycles. The molecule has 7 nitrogen and oxygen atoms in total. The molecule has 0 radical (unpaired) electrons. The monoisotopic (exact) mass is 439 g/mol. The Hall–Kier alpha value is -2.64. The molecule has 2 saturated heterocycles. The third-order valence-electron chi connectivity index (χ3n) is 6.71. The molecule has 2 aliphatic heterocycles. The van der Waals surface area contributed by atoms with Crippen LogP contribution in [0.1, 0.15) is 36.3 Å². The van der Waals surface area contributed by atoms with E-state index in [1.54, 1.807) is 19.2 Å². The molecule has 4 rings (SSSR count). The molecule has 0 amide bonds. The molecule has 2 aromatic rings. The van der Waals surface area contributed by atoms with Gasteiger partial charge in [-0.05, 0) is 61.4 Å². The minimum Gasteiger partial charge on any atom is -0.496 e. The molecule has 0 aliphatic carbocycles. The predicted molar refractivity (Wildman–Crippen MR) is 126 cm³/mol. The molecular formula is C25H33N3O4. The molecule has 0 N–H and O–H groups in total. The number of piperidine rings is 1. The van der Waals surface area contributed by atoms with Gasteiger partial charge in [0.15, 0.2) is 0 Å². The standard InChI is InChI=1S/C25H33N3O4/c1-31-25-7-3-2-6-23(25)20-10-13-27(14-11-20)24-9-8-22(28(29)30)19-21(24)5-4-12-26-15-17-32-18-16-26/h2-3,6-9,19-20H,4-5,10-18H2,1H3. The highest BCUT2D eigenvalue weighted by atomic mass is 16.6. The van der Waals surface area contributed by atoms with E-state index in [2.05, 4.69) is 21.9 Å². The second-order valence-corrected chi connectivity index (χ2v) is 8.63. The van der Waals surface area contributed by atoms with Crippen molar-refractivity contribution >= 4 is 11.4 Å². The molecule has 0 bridgehead atoms. The maximum atomic E-state index is 11.4. The fraction of sp³-hybridized carbons (Fsp3) is 0.520. The molecule has 32 heavy (non-hydrogen) atoms. The Balaban J connectivity index is 1.43. The molecule has 2 fully saturated rings. The zero-order valence-corrected chi connectivity index (χ0v) is 18.9. The summed E-state index contributed by atoms with van der Waals surface area (Å²) in [6, 6.07) is 13.7. The van der Waals surface area contributed by atoms with Gasteiger partial charge in [0.05, 0.1) is 25.2 Å². The van der Waals surface area contributed by atoms with Crippen molar-refractivity contribution in [2.75, 3.05) is 57.9 Å². The maximum absolute atomic E-state index is 11.4. The van der Waals surface area contributed by atoms with E-state index in [-0.39, 0.29) is 10.6 Å². The molecule has 2 aliphatic rings. The number of hydrogen-bond acceptors (Lipinski definition) is 6. The van der Waals surface area contributed by atoms with Crippen molar-refractivity contribution in [1.29, 1.82) is 0 Å². The number of ether oxygens (including phenoxy) is 2. The quantitative estimate of drug-likeness (QED) is 0.452. The molecular weight excluding hydrogens is 406 g/mol. The summed E-state index contributed by atoms with van der Waals surface area (Å²) < 4.78 is 11.0. The minimum atomic E-state index is -0.289. The van der Waals surface area contributed by atoms with Gasteiger partial charge >= 0.3 is 0 Å². The summed E-state index contributed by atoms with van der Waals surface area (Å²) >= 11 is 0. The summed E-state index contributed by atoms with van der Waals surface area (Å²) in [6.07, 6.45) is 3.93. The zero-order valence-electron chi connectivity index (χ0n) is 18.9. The summed E-state index contributed by atoms with van der Waals surface area (Å²) in [5.41, 5.74) is 3.70. The normalized spacial score (nSPS) is 18.0. The van der Waals surface area contributed by atoms with Crippen LogP contribution in [-0.4, -0.2) is 62.9 Å². The Labute approximate surface area is 190 Å². The van der Waals surface area contributed by atoms with Crippen LogP contribution >= 0.6 is 0 Å². The van der Waals surface area contributed by atoms with Gasteiger partial charge in [-0.1, -0.05) is 18.2 Å². The van der Waals surface area contributed by atoms with Crippen molar-refractivity contribution < 1.29 is 14.4 Å². The number of methoxy groups -OCH3 is 1. The van der Waals surface area contributed by atoms with E-state index >= 15 is 0 Å². The summed E-state index contributed by atoms with van der Waals surface area (Å²) in [6.45, 7) is 6.41. The van der Waals surface area contributed by atoms with Crippen LogP contribution in [0.5, 0.6) is 5.75 Å². The maximum Gasteiger partial charge on any atom is 0.269 e. The van der Waals surface area contributed by atoms with Gasteiger partial charge in [0.1, 0.15) is 5.75 Å². The van der Waals surface area contributed by atoms with E-state index < -0.39 is 0 Å². The Kier molecular flexibility index (Phi) is 7.60. The van der Waals surface area contributed by atoms with Crippen molar-refractivity contribution in [3.8, 4) is 5.75 Å². The topological polar surface area (TPSA) is 68.1 Å². The first-order chi connectivity index (χ1) is 15.7. The van der Waals surface area contributed by atoms with Crippen molar-refractivity contribution in [2.24, 2.45) is 0 Å². The molecule has 0 saturated carbocycles. The van der Waals surface area contributed by atoms with E-state index in [1.807, 2.05) is 18.2 Å². The van der Waals surface area contributed by atoms with Crippen LogP contribution in [0.4, 0.5) is 11.4 Å². The molecule has 0 spiro atoms. The fourth-order valence-corrected chi connectivity index (χ4v) is 4.95. The minimum absolute atomic E-state index is 0.180. The number of nitro groups is 1. The largest absolute Gasteiger partial charge is 0.496 e. The lowest BCUT2D eigenvalue weighted by Crippen LogP contribution is -2.37. The summed E-state index contributed by atoms with van der Waals surface area (Å²) in [5, 5.41) is 11.4. The lowest BCUT2D eigenvalue weighted by Gasteiger charge is -2.35. The number of morpholine rings is 1. The van der Waals surface area contributed by atoms with Gasteiger partial charge in [0, 0.05) is 44.0 Å². The second-order valence-electron chi connectivity index (χ2n) is 8.63. The molecule has 0 aromatic heterocycles. The number of anilines is 1. The Morgan fingerprint density at radius 2 is 1.84 bits per heavy atom.